The lowest BCUT2D eigenvalue weighted by Gasteiger charge is -2.28. The number of para-hydroxylation sites is 4. The Morgan fingerprint density at radius 3 is 1.78 bits per heavy atom. The van der Waals surface area contributed by atoms with Crippen LogP contribution in [-0.2, 0) is 5.41 Å². The first kappa shape index (κ1) is 45.5. The molecule has 0 unspecified atom stereocenters. The highest BCUT2D eigenvalue weighted by Gasteiger charge is 2.36. The number of hydrogen-bond donors (Lipinski definition) is 0. The van der Waals surface area contributed by atoms with Crippen LogP contribution < -0.4 is 4.90 Å². The molecule has 0 radical (unpaired) electrons. The zero-order valence-electron chi connectivity index (χ0n) is 43.6. The molecule has 4 heteroatoms. The second-order valence-electron chi connectivity index (χ2n) is 21.6. The predicted octanol–water partition coefficient (Wildman–Crippen LogP) is 21.5. The van der Waals surface area contributed by atoms with Crippen molar-refractivity contribution in [2.75, 3.05) is 4.90 Å². The summed E-state index contributed by atoms with van der Waals surface area (Å²) < 4.78 is 11.4. The first-order valence-electron chi connectivity index (χ1n) is 27.2. The molecule has 372 valence electrons. The minimum atomic E-state index is -0.214. The molecule has 15 aromatic rings. The number of furan rings is 1. The monoisotopic (exact) mass is 1030 g/mol. The van der Waals surface area contributed by atoms with E-state index in [4.69, 9.17) is 4.42 Å². The van der Waals surface area contributed by atoms with Crippen LogP contribution in [0.25, 0.3) is 125 Å². The Bertz CT molecular complexity index is 4920. The van der Waals surface area contributed by atoms with Crippen molar-refractivity contribution in [2.24, 2.45) is 0 Å². The maximum Gasteiger partial charge on any atom is 0.136 e. The zero-order valence-corrected chi connectivity index (χ0v) is 44.4. The van der Waals surface area contributed by atoms with Crippen molar-refractivity contribution in [3.8, 4) is 61.3 Å². The summed E-state index contributed by atoms with van der Waals surface area (Å²) in [7, 11) is 0. The SMILES string of the molecule is CC1(C)c2ccc(-c3ccccc3N(c3ccc(-c4ccc5c(c4)sc4ccccc45)cc3)c3ccc(-c4cccc5oc6ccccc6c45)cc3)cc2-c2ccc(-c3cccc4c3c3ccccc3n4-c3ccccc3)cc21. The Hall–Kier alpha value is -9.74. The maximum absolute atomic E-state index is 6.34. The normalized spacial score (nSPS) is 12.8. The number of benzene rings is 12. The summed E-state index contributed by atoms with van der Waals surface area (Å²) in [5.41, 5.74) is 23.2. The largest absolute Gasteiger partial charge is 0.456 e. The number of hydrogen-bond acceptors (Lipinski definition) is 3. The van der Waals surface area contributed by atoms with Crippen molar-refractivity contribution in [2.45, 2.75) is 19.3 Å². The van der Waals surface area contributed by atoms with E-state index in [0.717, 1.165) is 61.4 Å². The number of nitrogens with zero attached hydrogens (tertiary/aromatic N) is 2. The van der Waals surface area contributed by atoms with E-state index in [1.807, 2.05) is 17.4 Å². The quantitative estimate of drug-likeness (QED) is 0.151. The molecule has 0 bridgehead atoms. The lowest BCUT2D eigenvalue weighted by atomic mass is 9.81. The van der Waals surface area contributed by atoms with Gasteiger partial charge in [-0.3, -0.25) is 0 Å². The van der Waals surface area contributed by atoms with E-state index in [0.29, 0.717) is 0 Å². The van der Waals surface area contributed by atoms with Gasteiger partial charge in [-0.15, -0.1) is 11.3 Å². The van der Waals surface area contributed by atoms with Gasteiger partial charge in [-0.25, -0.2) is 0 Å². The summed E-state index contributed by atoms with van der Waals surface area (Å²) in [6, 6.07) is 98.2. The first-order valence-corrected chi connectivity index (χ1v) is 28.0. The number of fused-ring (bicyclic) bond motifs is 12. The number of anilines is 3. The van der Waals surface area contributed by atoms with E-state index in [-0.39, 0.29) is 5.41 Å². The van der Waals surface area contributed by atoms with Gasteiger partial charge in [0.05, 0.1) is 16.7 Å². The average molecular weight is 1030 g/mol. The van der Waals surface area contributed by atoms with Gasteiger partial charge in [0, 0.05) is 69.8 Å². The van der Waals surface area contributed by atoms with Gasteiger partial charge in [0.2, 0.25) is 0 Å². The van der Waals surface area contributed by atoms with Gasteiger partial charge in [0.15, 0.2) is 0 Å². The summed E-state index contributed by atoms with van der Waals surface area (Å²) in [6.07, 6.45) is 0. The van der Waals surface area contributed by atoms with Crippen LogP contribution in [-0.4, -0.2) is 4.57 Å². The second-order valence-corrected chi connectivity index (χ2v) is 22.6. The fourth-order valence-corrected chi connectivity index (χ4v) is 14.2. The van der Waals surface area contributed by atoms with E-state index in [1.54, 1.807) is 0 Å². The molecule has 0 atom stereocenters. The average Bonchev–Trinajstić information content (AvgIpc) is 4.44. The molecular weight excluding hydrogens is 977 g/mol. The molecule has 3 nitrogen and oxygen atoms in total. The Labute approximate surface area is 462 Å². The van der Waals surface area contributed by atoms with Gasteiger partial charge < -0.3 is 13.9 Å². The van der Waals surface area contributed by atoms with Crippen molar-refractivity contribution in [3.63, 3.8) is 0 Å². The van der Waals surface area contributed by atoms with E-state index < -0.39 is 0 Å². The van der Waals surface area contributed by atoms with E-state index in [9.17, 15) is 0 Å². The van der Waals surface area contributed by atoms with E-state index >= 15 is 0 Å². The summed E-state index contributed by atoms with van der Waals surface area (Å²) in [4.78, 5) is 2.43. The predicted molar refractivity (Wildman–Crippen MR) is 335 cm³/mol. The van der Waals surface area contributed by atoms with Gasteiger partial charge in [0.25, 0.3) is 0 Å². The lowest BCUT2D eigenvalue weighted by Crippen LogP contribution is -2.15. The number of thiophene rings is 1. The van der Waals surface area contributed by atoms with Crippen LogP contribution in [0.15, 0.2) is 271 Å². The van der Waals surface area contributed by atoms with Gasteiger partial charge >= 0.3 is 0 Å². The Balaban J connectivity index is 0.807. The zero-order chi connectivity index (χ0) is 52.3. The van der Waals surface area contributed by atoms with Crippen LogP contribution in [0.1, 0.15) is 25.0 Å². The molecule has 0 saturated carbocycles. The Morgan fingerprint density at radius 1 is 0.354 bits per heavy atom. The van der Waals surface area contributed by atoms with Crippen LogP contribution >= 0.6 is 11.3 Å². The molecule has 0 N–H and O–H groups in total. The Morgan fingerprint density at radius 2 is 0.949 bits per heavy atom. The third-order valence-electron chi connectivity index (χ3n) is 16.8. The van der Waals surface area contributed by atoms with Gasteiger partial charge in [-0.1, -0.05) is 190 Å². The molecular formula is C75H50N2OS. The minimum Gasteiger partial charge on any atom is -0.456 e. The van der Waals surface area contributed by atoms with E-state index in [2.05, 4.69) is 284 Å². The topological polar surface area (TPSA) is 21.3 Å². The molecule has 0 fully saturated rings. The number of aromatic nitrogens is 1. The van der Waals surface area contributed by atoms with Crippen molar-refractivity contribution in [1.29, 1.82) is 0 Å². The molecule has 0 aliphatic heterocycles. The first-order chi connectivity index (χ1) is 38.9. The van der Waals surface area contributed by atoms with Crippen molar-refractivity contribution in [3.05, 3.63) is 278 Å². The Kier molecular flexibility index (Phi) is 10.2. The fraction of sp³-hybridized carbons (Fsp3) is 0.0400. The lowest BCUT2D eigenvalue weighted by molar-refractivity contribution is 0.660. The maximum atomic E-state index is 6.34. The molecule has 0 saturated heterocycles. The third-order valence-corrected chi connectivity index (χ3v) is 18.0. The third kappa shape index (κ3) is 7.11. The van der Waals surface area contributed by atoms with Gasteiger partial charge in [-0.05, 0) is 152 Å². The van der Waals surface area contributed by atoms with Gasteiger partial charge in [0.1, 0.15) is 11.2 Å². The molecule has 1 aliphatic rings. The highest BCUT2D eigenvalue weighted by molar-refractivity contribution is 7.25. The molecule has 3 aromatic heterocycles. The smallest absolute Gasteiger partial charge is 0.136 e. The van der Waals surface area contributed by atoms with Gasteiger partial charge in [-0.2, -0.15) is 0 Å². The van der Waals surface area contributed by atoms with Crippen LogP contribution in [0.5, 0.6) is 0 Å². The summed E-state index contributed by atoms with van der Waals surface area (Å²) in [5.74, 6) is 0. The number of rotatable bonds is 8. The second kappa shape index (κ2) is 17.7. The minimum absolute atomic E-state index is 0.214. The molecule has 3 heterocycles. The van der Waals surface area contributed by atoms with Crippen LogP contribution in [0, 0.1) is 0 Å². The summed E-state index contributed by atoms with van der Waals surface area (Å²) in [6.45, 7) is 4.78. The van der Waals surface area contributed by atoms with Crippen molar-refractivity contribution in [1.82, 2.24) is 4.57 Å². The summed E-state index contributed by atoms with van der Waals surface area (Å²) >= 11 is 1.86. The highest BCUT2D eigenvalue weighted by atomic mass is 32.1. The summed E-state index contributed by atoms with van der Waals surface area (Å²) in [5, 5.41) is 7.43. The fourth-order valence-electron chi connectivity index (χ4n) is 13.1. The molecule has 16 rings (SSSR count). The van der Waals surface area contributed by atoms with Crippen LogP contribution in [0.4, 0.5) is 17.1 Å². The highest BCUT2D eigenvalue weighted by Crippen LogP contribution is 2.53. The standard InChI is InChI=1S/C75H50N2OS/c1-75(2)64-43-36-50(44-63(64)58-41-35-51(45-65(58)75)57-22-14-26-68-73(57)61-20-7-11-25-67(61)77(68)52-16-4-3-5-17-52)55-18-6-10-24-66(55)76(53-37-30-47(31-38-53)49-34-42-60-59-19-9-13-29-71(59)79-72(60)46-49)54-39-32-48(33-40-54)56-23-15-28-70-74(56)62-21-8-12-27-69(62)78-70/h3-46H,1-2H3. The van der Waals surface area contributed by atoms with E-state index in [1.165, 1.54) is 92.0 Å². The van der Waals surface area contributed by atoms with Crippen molar-refractivity contribution >= 4 is 92.3 Å². The van der Waals surface area contributed by atoms with Crippen molar-refractivity contribution < 1.29 is 4.42 Å². The van der Waals surface area contributed by atoms with Crippen LogP contribution in [0.3, 0.4) is 0 Å². The molecule has 0 amide bonds. The van der Waals surface area contributed by atoms with Crippen LogP contribution in [0.2, 0.25) is 0 Å². The molecule has 79 heavy (non-hydrogen) atoms. The molecule has 0 spiro atoms. The molecule has 12 aromatic carbocycles. The molecule has 1 aliphatic carbocycles.